The third-order valence-electron chi connectivity index (χ3n) is 11.4. The average molecular weight is 827 g/mol. The number of carbonyl (C=O) groups excluding carboxylic acids is 4. The van der Waals surface area contributed by atoms with Crippen molar-refractivity contribution in [3.63, 3.8) is 0 Å². The quantitative estimate of drug-likeness (QED) is 0.0618. The summed E-state index contributed by atoms with van der Waals surface area (Å²) in [6.45, 7) is 14.0. The number of halogens is 4. The zero-order valence-electron chi connectivity index (χ0n) is 34.7. The minimum absolute atomic E-state index is 0.0243. The lowest BCUT2D eigenvalue weighted by Crippen LogP contribution is -2.67. The van der Waals surface area contributed by atoms with Crippen LogP contribution in [0.4, 0.5) is 17.6 Å². The summed E-state index contributed by atoms with van der Waals surface area (Å²) >= 11 is 0. The van der Waals surface area contributed by atoms with Gasteiger partial charge in [0.15, 0.2) is 5.21 Å². The lowest BCUT2D eigenvalue weighted by molar-refractivity contribution is -0.755. The molecule has 0 radical (unpaired) electrons. The molecule has 2 aromatic heterocycles. The van der Waals surface area contributed by atoms with E-state index in [1.54, 1.807) is 28.7 Å². The van der Waals surface area contributed by atoms with E-state index in [1.807, 2.05) is 41.5 Å². The molecule has 0 spiro atoms. The van der Waals surface area contributed by atoms with Crippen LogP contribution < -0.4 is 25.9 Å². The molecule has 320 valence electrons. The number of benzene rings is 2. The van der Waals surface area contributed by atoms with Crippen molar-refractivity contribution in [2.75, 3.05) is 6.54 Å². The lowest BCUT2D eigenvalue weighted by Gasteiger charge is -2.39. The molecule has 1 aliphatic carbocycles. The molecular weight excluding hydrogens is 771 g/mol. The van der Waals surface area contributed by atoms with Gasteiger partial charge in [-0.3, -0.25) is 19.2 Å². The second kappa shape index (κ2) is 18.3. The van der Waals surface area contributed by atoms with Crippen molar-refractivity contribution in [2.45, 2.75) is 129 Å². The van der Waals surface area contributed by atoms with Gasteiger partial charge in [0, 0.05) is 24.0 Å². The highest BCUT2D eigenvalue weighted by atomic mass is 19.4. The number of alkyl halides is 3. The number of tetrazole rings is 1. The fraction of sp³-hybridized carbons (Fsp3) is 0.548. The van der Waals surface area contributed by atoms with Gasteiger partial charge in [0.25, 0.3) is 0 Å². The Bertz CT molecular complexity index is 2140. The molecule has 13 nitrogen and oxygen atoms in total. The predicted octanol–water partition coefficient (Wildman–Crippen LogP) is 4.81. The van der Waals surface area contributed by atoms with Crippen molar-refractivity contribution in [3.8, 4) is 0 Å². The van der Waals surface area contributed by atoms with E-state index in [0.29, 0.717) is 37.1 Å². The zero-order chi connectivity index (χ0) is 43.3. The van der Waals surface area contributed by atoms with Gasteiger partial charge in [0.2, 0.25) is 30.0 Å². The van der Waals surface area contributed by atoms with Crippen LogP contribution in [0.2, 0.25) is 0 Å². The van der Waals surface area contributed by atoms with Gasteiger partial charge in [0.1, 0.15) is 34.2 Å². The minimum Gasteiger partial charge on any atom is -0.358 e. The Kier molecular flexibility index (Phi) is 13.9. The summed E-state index contributed by atoms with van der Waals surface area (Å²) in [5.41, 5.74) is -1.90. The van der Waals surface area contributed by atoms with Crippen LogP contribution in [0.15, 0.2) is 48.8 Å². The Balaban J connectivity index is 1.42. The van der Waals surface area contributed by atoms with E-state index < -0.39 is 64.7 Å². The van der Waals surface area contributed by atoms with E-state index in [0.717, 1.165) is 6.07 Å². The number of H-pyrrole nitrogens is 1. The summed E-state index contributed by atoms with van der Waals surface area (Å²) in [7, 11) is 0. The number of rotatable bonds is 16. The van der Waals surface area contributed by atoms with Gasteiger partial charge < -0.3 is 26.3 Å². The molecule has 5 N–H and O–H groups in total. The highest BCUT2D eigenvalue weighted by molar-refractivity contribution is 5.98. The van der Waals surface area contributed by atoms with E-state index in [1.165, 1.54) is 30.3 Å². The van der Waals surface area contributed by atoms with E-state index in [-0.39, 0.29) is 60.2 Å². The van der Waals surface area contributed by atoms with Crippen LogP contribution in [0.3, 0.4) is 0 Å². The normalized spacial score (nSPS) is 17.7. The maximum atomic E-state index is 14.8. The van der Waals surface area contributed by atoms with Crippen molar-refractivity contribution in [3.05, 3.63) is 77.0 Å². The molecule has 5 atom stereocenters. The first kappa shape index (κ1) is 44.7. The molecule has 0 fully saturated rings. The van der Waals surface area contributed by atoms with Gasteiger partial charge >= 0.3 is 6.18 Å². The molecule has 59 heavy (non-hydrogen) atoms. The van der Waals surface area contributed by atoms with Gasteiger partial charge in [-0.25, -0.2) is 4.39 Å². The second-order valence-electron chi connectivity index (χ2n) is 16.7. The second-order valence-corrected chi connectivity index (χ2v) is 16.7. The molecule has 4 unspecified atom stereocenters. The molecular formula is C42H56F4N9O4+. The molecule has 1 aliphatic rings. The van der Waals surface area contributed by atoms with Crippen molar-refractivity contribution < 1.29 is 41.4 Å². The van der Waals surface area contributed by atoms with E-state index >= 15 is 0 Å². The fourth-order valence-corrected chi connectivity index (χ4v) is 7.34. The van der Waals surface area contributed by atoms with Gasteiger partial charge in [-0.2, -0.15) is 13.2 Å². The monoisotopic (exact) mass is 826 g/mol. The SMILES string of the molecule is CCC(C)C(NC(=O)Cc1ccccc1F)C(=O)N[C@@]1(C(=O)NC(C(=O)NCCC[n+]2cn(C(C)(C)C)nn2)C(C)CC)CCc2[nH]c3c(C(F)(F)F)cccc3c2C1. The van der Waals surface area contributed by atoms with E-state index in [2.05, 4.69) is 36.7 Å². The third-order valence-corrected chi connectivity index (χ3v) is 11.4. The van der Waals surface area contributed by atoms with E-state index in [9.17, 15) is 36.7 Å². The lowest BCUT2D eigenvalue weighted by atomic mass is 9.78. The molecule has 0 saturated carbocycles. The number of nitrogens with zero attached hydrogens (tertiary/aromatic N) is 4. The first-order chi connectivity index (χ1) is 27.8. The van der Waals surface area contributed by atoms with Crippen LogP contribution >= 0.6 is 0 Å². The maximum Gasteiger partial charge on any atom is 0.418 e. The molecule has 0 aliphatic heterocycles. The molecule has 5 rings (SSSR count). The number of amides is 4. The highest BCUT2D eigenvalue weighted by Crippen LogP contribution is 2.40. The van der Waals surface area contributed by atoms with Crippen LogP contribution in [-0.2, 0) is 56.7 Å². The maximum absolute atomic E-state index is 14.8. The zero-order valence-corrected chi connectivity index (χ0v) is 34.7. The summed E-state index contributed by atoms with van der Waals surface area (Å²) in [4.78, 5) is 59.2. The van der Waals surface area contributed by atoms with Crippen LogP contribution in [0.25, 0.3) is 10.9 Å². The molecule has 0 bridgehead atoms. The summed E-state index contributed by atoms with van der Waals surface area (Å²) in [5, 5.41) is 20.0. The summed E-state index contributed by atoms with van der Waals surface area (Å²) < 4.78 is 60.2. The van der Waals surface area contributed by atoms with E-state index in [4.69, 9.17) is 0 Å². The molecule has 4 aromatic rings. The van der Waals surface area contributed by atoms with Crippen LogP contribution in [-0.4, -0.2) is 67.9 Å². The van der Waals surface area contributed by atoms with Crippen LogP contribution in [0.5, 0.6) is 0 Å². The Labute approximate surface area is 341 Å². The Morgan fingerprint density at radius 1 is 0.949 bits per heavy atom. The molecule has 4 amide bonds. The number of nitrogens with one attached hydrogen (secondary N) is 5. The van der Waals surface area contributed by atoms with Crippen molar-refractivity contribution in [1.29, 1.82) is 0 Å². The van der Waals surface area contributed by atoms with Crippen molar-refractivity contribution in [1.82, 2.24) is 41.4 Å². The predicted molar refractivity (Wildman–Crippen MR) is 212 cm³/mol. The molecule has 17 heteroatoms. The molecule has 0 saturated heterocycles. The summed E-state index contributed by atoms with van der Waals surface area (Å²) in [6, 6.07) is 7.45. The topological polar surface area (TPSA) is 167 Å². The van der Waals surface area contributed by atoms with Crippen LogP contribution in [0, 0.1) is 17.7 Å². The van der Waals surface area contributed by atoms with Gasteiger partial charge in [0.05, 0.1) is 24.0 Å². The number of hydrogen-bond acceptors (Lipinski definition) is 6. The standard InChI is InChI=1S/C42H55F4N9O4/c1-8-25(3)34(37(57)47-20-13-21-54-24-55(53-52-54)40(5,6)7)50-39(59)41(19-18-32-29(23-41)28-15-12-16-30(36(28)48-32)42(44,45)46)51-38(58)35(26(4)9-2)49-33(56)22-27-14-10-11-17-31(27)43/h10-12,14-17,24-26,34-35,48H,8-9,13,18-23H2,1-7H3,(H3-,47,49,50,51,56,57,58,59)/p+1/t25?,26?,34?,35?,41-/m0/s1. The first-order valence-corrected chi connectivity index (χ1v) is 20.2. The average Bonchev–Trinajstić information content (AvgIpc) is 3.82. The number of fused-ring (bicyclic) bond motifs is 3. The summed E-state index contributed by atoms with van der Waals surface area (Å²) in [6.07, 6.45) is -1.84. The Morgan fingerprint density at radius 2 is 1.63 bits per heavy atom. The number of para-hydroxylation sites is 1. The highest BCUT2D eigenvalue weighted by Gasteiger charge is 2.47. The number of hydrogen-bond donors (Lipinski definition) is 5. The Morgan fingerprint density at radius 3 is 2.25 bits per heavy atom. The van der Waals surface area contributed by atoms with Crippen molar-refractivity contribution in [2.24, 2.45) is 11.8 Å². The largest absolute Gasteiger partial charge is 0.418 e. The molecule has 2 heterocycles. The number of aryl methyl sites for hydroxylation is 2. The Hall–Kier alpha value is -5.35. The van der Waals surface area contributed by atoms with Gasteiger partial charge in [-0.1, -0.05) is 75.6 Å². The minimum atomic E-state index is -4.65. The summed E-state index contributed by atoms with van der Waals surface area (Å²) in [5.74, 6) is -3.78. The van der Waals surface area contributed by atoms with Crippen LogP contribution in [0.1, 0.15) is 96.5 Å². The van der Waals surface area contributed by atoms with Crippen molar-refractivity contribution >= 4 is 34.5 Å². The van der Waals surface area contributed by atoms with Gasteiger partial charge in [-0.15, -0.1) is 4.68 Å². The fourth-order valence-electron chi connectivity index (χ4n) is 7.34. The number of aromatic amines is 1. The molecule has 2 aromatic carbocycles. The third kappa shape index (κ3) is 10.5. The smallest absolute Gasteiger partial charge is 0.358 e. The number of aromatic nitrogens is 5. The first-order valence-electron chi connectivity index (χ1n) is 20.2. The number of carbonyl (C=O) groups is 4. The van der Waals surface area contributed by atoms with Gasteiger partial charge in [-0.05, 0) is 75.1 Å².